The van der Waals surface area contributed by atoms with E-state index in [1.807, 2.05) is 24.3 Å². The van der Waals surface area contributed by atoms with Gasteiger partial charge in [-0.15, -0.1) is 5.10 Å². The lowest BCUT2D eigenvalue weighted by atomic mass is 10.2. The van der Waals surface area contributed by atoms with Gasteiger partial charge in [-0.05, 0) is 37.1 Å². The number of rotatable bonds is 5. The highest BCUT2D eigenvalue weighted by atomic mass is 79.9. The smallest absolute Gasteiger partial charge is 0.284 e. The van der Waals surface area contributed by atoms with Crippen LogP contribution < -0.4 is 10.9 Å². The quantitative estimate of drug-likeness (QED) is 0.645. The fourth-order valence-corrected chi connectivity index (χ4v) is 3.22. The fourth-order valence-electron chi connectivity index (χ4n) is 2.96. The highest BCUT2D eigenvalue weighted by Gasteiger charge is 2.18. The first kappa shape index (κ1) is 17.8. The normalized spacial score (nSPS) is 16.7. The lowest BCUT2D eigenvalue weighted by Gasteiger charge is -2.11. The number of benzene rings is 1. The van der Waals surface area contributed by atoms with Gasteiger partial charge in [-0.2, -0.15) is 4.68 Å². The number of fused-ring (bicyclic) bond motifs is 1. The van der Waals surface area contributed by atoms with Gasteiger partial charge in [-0.3, -0.25) is 14.2 Å². The standard InChI is InChI=1S/C17H17BrN6O3/c18-11-3-5-12(6-4-11)24-16-15(21-22-24)17(26)23(10-20-16)9-14(25)19-8-13-2-1-7-27-13/h3-6,10,13H,1-2,7-9H2,(H,19,25)/t13-/m1/s1. The Balaban J connectivity index is 1.53. The Labute approximate surface area is 162 Å². The number of hydrogen-bond acceptors (Lipinski definition) is 6. The van der Waals surface area contributed by atoms with Gasteiger partial charge in [0.25, 0.3) is 5.56 Å². The summed E-state index contributed by atoms with van der Waals surface area (Å²) in [7, 11) is 0. The molecule has 2 aromatic heterocycles. The summed E-state index contributed by atoms with van der Waals surface area (Å²) < 4.78 is 9.12. The van der Waals surface area contributed by atoms with Crippen molar-refractivity contribution in [2.45, 2.75) is 25.5 Å². The van der Waals surface area contributed by atoms with Gasteiger partial charge < -0.3 is 10.1 Å². The zero-order valence-corrected chi connectivity index (χ0v) is 15.9. The van der Waals surface area contributed by atoms with Crippen LogP contribution >= 0.6 is 15.9 Å². The molecular formula is C17H17BrN6O3. The number of nitrogens with zero attached hydrogens (tertiary/aromatic N) is 5. The van der Waals surface area contributed by atoms with Crippen LogP contribution in [0.15, 0.2) is 39.9 Å². The number of carbonyl (C=O) groups excluding carboxylic acids is 1. The van der Waals surface area contributed by atoms with Gasteiger partial charge in [0, 0.05) is 17.6 Å². The van der Waals surface area contributed by atoms with Gasteiger partial charge in [0.2, 0.25) is 5.91 Å². The number of aromatic nitrogens is 5. The Morgan fingerprint density at radius 1 is 1.33 bits per heavy atom. The van der Waals surface area contributed by atoms with E-state index < -0.39 is 5.56 Å². The van der Waals surface area contributed by atoms with Crippen LogP contribution in [0.25, 0.3) is 16.9 Å². The number of nitrogens with one attached hydrogen (secondary N) is 1. The summed E-state index contributed by atoms with van der Waals surface area (Å²) in [6.45, 7) is 1.05. The molecule has 0 aliphatic carbocycles. The molecule has 1 aliphatic rings. The second-order valence-electron chi connectivity index (χ2n) is 6.27. The molecule has 3 aromatic rings. The number of amides is 1. The molecule has 0 spiro atoms. The summed E-state index contributed by atoms with van der Waals surface area (Å²) in [5.74, 6) is -0.269. The average molecular weight is 433 g/mol. The Morgan fingerprint density at radius 3 is 2.89 bits per heavy atom. The summed E-state index contributed by atoms with van der Waals surface area (Å²) in [6.07, 6.45) is 3.34. The van der Waals surface area contributed by atoms with E-state index in [4.69, 9.17) is 4.74 Å². The first-order chi connectivity index (χ1) is 13.1. The molecule has 1 atom stereocenters. The predicted molar refractivity (Wildman–Crippen MR) is 101 cm³/mol. The fraction of sp³-hybridized carbons (Fsp3) is 0.353. The van der Waals surface area contributed by atoms with E-state index in [1.54, 1.807) is 0 Å². The van der Waals surface area contributed by atoms with Crippen molar-refractivity contribution in [1.82, 2.24) is 29.9 Å². The lowest BCUT2D eigenvalue weighted by Crippen LogP contribution is -2.36. The Hall–Kier alpha value is -2.59. The van der Waals surface area contributed by atoms with Gasteiger partial charge in [0.1, 0.15) is 12.9 Å². The highest BCUT2D eigenvalue weighted by molar-refractivity contribution is 9.10. The van der Waals surface area contributed by atoms with Gasteiger partial charge in [-0.1, -0.05) is 21.1 Å². The van der Waals surface area contributed by atoms with Crippen molar-refractivity contribution in [2.75, 3.05) is 13.2 Å². The SMILES string of the molecule is O=C(Cn1cnc2c(nnn2-c2ccc(Br)cc2)c1=O)NC[C@H]1CCCO1. The van der Waals surface area contributed by atoms with Crippen LogP contribution in [0.5, 0.6) is 0 Å². The molecule has 4 rings (SSSR count). The molecule has 1 N–H and O–H groups in total. The Morgan fingerprint density at radius 2 is 2.15 bits per heavy atom. The van der Waals surface area contributed by atoms with Crippen LogP contribution in [0.3, 0.4) is 0 Å². The summed E-state index contributed by atoms with van der Waals surface area (Å²) >= 11 is 3.38. The predicted octanol–water partition coefficient (Wildman–Crippen LogP) is 1.03. The molecular weight excluding hydrogens is 416 g/mol. The van der Waals surface area contributed by atoms with E-state index in [1.165, 1.54) is 15.6 Å². The van der Waals surface area contributed by atoms with E-state index in [0.29, 0.717) is 12.2 Å². The number of carbonyl (C=O) groups is 1. The summed E-state index contributed by atoms with van der Waals surface area (Å²) in [6, 6.07) is 7.40. The molecule has 0 bridgehead atoms. The first-order valence-electron chi connectivity index (χ1n) is 8.57. The molecule has 1 amide bonds. The second-order valence-corrected chi connectivity index (χ2v) is 7.18. The van der Waals surface area contributed by atoms with E-state index in [2.05, 4.69) is 36.5 Å². The van der Waals surface area contributed by atoms with Gasteiger partial charge in [0.15, 0.2) is 11.2 Å². The zero-order chi connectivity index (χ0) is 18.8. The number of hydrogen-bond donors (Lipinski definition) is 1. The third-order valence-corrected chi connectivity index (χ3v) is 4.89. The van der Waals surface area contributed by atoms with Crippen molar-refractivity contribution in [3.05, 3.63) is 45.4 Å². The molecule has 9 nitrogen and oxygen atoms in total. The van der Waals surface area contributed by atoms with Crippen LogP contribution in [-0.4, -0.2) is 49.7 Å². The second kappa shape index (κ2) is 7.57. The topological polar surface area (TPSA) is 104 Å². The van der Waals surface area contributed by atoms with Crippen LogP contribution in [0.4, 0.5) is 0 Å². The lowest BCUT2D eigenvalue weighted by molar-refractivity contribution is -0.122. The maximum atomic E-state index is 12.6. The minimum absolute atomic E-state index is 0.0529. The van der Waals surface area contributed by atoms with Crippen molar-refractivity contribution in [3.63, 3.8) is 0 Å². The molecule has 1 aliphatic heterocycles. The number of ether oxygens (including phenoxy) is 1. The average Bonchev–Trinajstić information content (AvgIpc) is 3.33. The summed E-state index contributed by atoms with van der Waals surface area (Å²) in [5, 5.41) is 10.8. The van der Waals surface area contributed by atoms with Crippen molar-refractivity contribution < 1.29 is 9.53 Å². The van der Waals surface area contributed by atoms with Crippen LogP contribution in [0, 0.1) is 0 Å². The molecule has 1 saturated heterocycles. The first-order valence-corrected chi connectivity index (χ1v) is 9.36. The molecule has 140 valence electrons. The van der Waals surface area contributed by atoms with Crippen molar-refractivity contribution in [3.8, 4) is 5.69 Å². The van der Waals surface area contributed by atoms with Gasteiger partial charge in [0.05, 0.1) is 11.8 Å². The van der Waals surface area contributed by atoms with Crippen LogP contribution in [0.2, 0.25) is 0 Å². The minimum atomic E-state index is -0.407. The molecule has 1 aromatic carbocycles. The maximum absolute atomic E-state index is 12.6. The van der Waals surface area contributed by atoms with Crippen LogP contribution in [0.1, 0.15) is 12.8 Å². The Kier molecular flexibility index (Phi) is 4.99. The molecule has 27 heavy (non-hydrogen) atoms. The third kappa shape index (κ3) is 3.76. The largest absolute Gasteiger partial charge is 0.376 e. The molecule has 3 heterocycles. The molecule has 0 unspecified atom stereocenters. The monoisotopic (exact) mass is 432 g/mol. The molecule has 0 saturated carbocycles. The van der Waals surface area contributed by atoms with Gasteiger partial charge in [-0.25, -0.2) is 4.98 Å². The zero-order valence-electron chi connectivity index (χ0n) is 14.3. The van der Waals surface area contributed by atoms with Crippen molar-refractivity contribution in [2.24, 2.45) is 0 Å². The van der Waals surface area contributed by atoms with Crippen molar-refractivity contribution >= 4 is 33.0 Å². The summed E-state index contributed by atoms with van der Waals surface area (Å²) in [4.78, 5) is 29.0. The van der Waals surface area contributed by atoms with Crippen LogP contribution in [-0.2, 0) is 16.1 Å². The molecule has 1 fully saturated rings. The molecule has 0 radical (unpaired) electrons. The van der Waals surface area contributed by atoms with Gasteiger partial charge >= 0.3 is 0 Å². The Bertz CT molecular complexity index is 1020. The minimum Gasteiger partial charge on any atom is -0.376 e. The molecule has 10 heteroatoms. The van der Waals surface area contributed by atoms with Crippen molar-refractivity contribution in [1.29, 1.82) is 0 Å². The van der Waals surface area contributed by atoms with E-state index in [0.717, 1.165) is 29.6 Å². The summed E-state index contributed by atoms with van der Waals surface area (Å²) in [5.41, 5.74) is 0.793. The third-order valence-electron chi connectivity index (χ3n) is 4.37. The van der Waals surface area contributed by atoms with E-state index in [-0.39, 0.29) is 24.1 Å². The van der Waals surface area contributed by atoms with E-state index in [9.17, 15) is 9.59 Å². The highest BCUT2D eigenvalue weighted by Crippen LogP contribution is 2.15. The van der Waals surface area contributed by atoms with E-state index >= 15 is 0 Å². The number of halogens is 1. The maximum Gasteiger partial charge on any atom is 0.284 e.